The highest BCUT2D eigenvalue weighted by Crippen LogP contribution is 2.22. The zero-order valence-corrected chi connectivity index (χ0v) is 16.3. The van der Waals surface area contributed by atoms with Gasteiger partial charge in [0.1, 0.15) is 5.82 Å². The molecule has 4 rings (SSSR count). The molecule has 1 fully saturated rings. The van der Waals surface area contributed by atoms with E-state index < -0.39 is 0 Å². The van der Waals surface area contributed by atoms with Crippen LogP contribution in [0, 0.1) is 6.92 Å². The minimum atomic E-state index is 0.166. The van der Waals surface area contributed by atoms with Gasteiger partial charge in [-0.3, -0.25) is 0 Å². The van der Waals surface area contributed by atoms with Gasteiger partial charge in [-0.05, 0) is 42.3 Å². The number of benzene rings is 1. The van der Waals surface area contributed by atoms with Crippen molar-refractivity contribution < 1.29 is 4.74 Å². The number of aryl methyl sites for hydroxylation is 1. The first-order chi connectivity index (χ1) is 13.7. The summed E-state index contributed by atoms with van der Waals surface area (Å²) in [5, 5.41) is 15.8. The molecular formula is C17H21N9OS. The summed E-state index contributed by atoms with van der Waals surface area (Å²) in [5.74, 6) is 1.60. The van der Waals surface area contributed by atoms with Crippen LogP contribution in [0.1, 0.15) is 24.2 Å². The van der Waals surface area contributed by atoms with Gasteiger partial charge < -0.3 is 15.8 Å². The number of aromatic nitrogens is 7. The quantitative estimate of drug-likeness (QED) is 0.569. The number of rotatable bonds is 7. The van der Waals surface area contributed by atoms with E-state index in [2.05, 4.69) is 35.8 Å². The molecule has 1 atom stereocenters. The van der Waals surface area contributed by atoms with Gasteiger partial charge in [-0.25, -0.2) is 4.68 Å². The molecule has 1 aliphatic heterocycles. The van der Waals surface area contributed by atoms with Gasteiger partial charge >= 0.3 is 0 Å². The van der Waals surface area contributed by atoms with Gasteiger partial charge in [-0.15, -0.1) is 5.10 Å². The molecule has 0 radical (unpaired) electrons. The molecule has 1 saturated heterocycles. The van der Waals surface area contributed by atoms with Crippen LogP contribution in [0.4, 0.5) is 17.6 Å². The van der Waals surface area contributed by atoms with E-state index in [0.717, 1.165) is 25.1 Å². The fourth-order valence-electron chi connectivity index (χ4n) is 2.85. The molecule has 0 amide bonds. The number of nitrogens with one attached hydrogen (secondary N) is 1. The van der Waals surface area contributed by atoms with Crippen molar-refractivity contribution in [2.24, 2.45) is 0 Å². The molecule has 0 aliphatic carbocycles. The van der Waals surface area contributed by atoms with Crippen molar-refractivity contribution in [3.8, 4) is 0 Å². The molecular weight excluding hydrogens is 378 g/mol. The Morgan fingerprint density at radius 1 is 1.25 bits per heavy atom. The van der Waals surface area contributed by atoms with Crippen LogP contribution in [0.5, 0.6) is 0 Å². The SMILES string of the molecule is Cc1ccc(Nc2nc(N)nc(CSc3nnnn3CC3CCCO3)n2)cc1. The van der Waals surface area contributed by atoms with Crippen LogP contribution in [0.2, 0.25) is 0 Å². The second-order valence-corrected chi connectivity index (χ2v) is 7.43. The zero-order chi connectivity index (χ0) is 19.3. The highest BCUT2D eigenvalue weighted by Gasteiger charge is 2.19. The van der Waals surface area contributed by atoms with Gasteiger partial charge in [0.15, 0.2) is 0 Å². The van der Waals surface area contributed by atoms with Gasteiger partial charge in [0, 0.05) is 12.3 Å². The maximum atomic E-state index is 5.85. The van der Waals surface area contributed by atoms with Crippen molar-refractivity contribution >= 4 is 29.3 Å². The lowest BCUT2D eigenvalue weighted by atomic mass is 10.2. The van der Waals surface area contributed by atoms with Crippen molar-refractivity contribution in [3.05, 3.63) is 35.7 Å². The summed E-state index contributed by atoms with van der Waals surface area (Å²) in [6, 6.07) is 7.95. The number of hydrogen-bond donors (Lipinski definition) is 2. The third-order valence-electron chi connectivity index (χ3n) is 4.24. The minimum absolute atomic E-state index is 0.166. The fraction of sp³-hybridized carbons (Fsp3) is 0.412. The Morgan fingerprint density at radius 2 is 2.11 bits per heavy atom. The van der Waals surface area contributed by atoms with Crippen molar-refractivity contribution in [1.29, 1.82) is 0 Å². The highest BCUT2D eigenvalue weighted by atomic mass is 32.2. The van der Waals surface area contributed by atoms with E-state index in [1.165, 1.54) is 17.3 Å². The first-order valence-corrected chi connectivity index (χ1v) is 9.99. The van der Waals surface area contributed by atoms with E-state index in [1.54, 1.807) is 4.68 Å². The normalized spacial score (nSPS) is 16.4. The molecule has 3 heterocycles. The Labute approximate surface area is 166 Å². The summed E-state index contributed by atoms with van der Waals surface area (Å²) in [4.78, 5) is 12.8. The monoisotopic (exact) mass is 399 g/mol. The Bertz CT molecular complexity index is 925. The third-order valence-corrected chi connectivity index (χ3v) is 5.19. The summed E-state index contributed by atoms with van der Waals surface area (Å²) in [5.41, 5.74) is 7.92. The van der Waals surface area contributed by atoms with Crippen LogP contribution in [-0.4, -0.2) is 47.9 Å². The summed E-state index contributed by atoms with van der Waals surface area (Å²) in [6.45, 7) is 3.48. The fourth-order valence-corrected chi connectivity index (χ4v) is 3.59. The predicted molar refractivity (Wildman–Crippen MR) is 105 cm³/mol. The number of anilines is 3. The van der Waals surface area contributed by atoms with Crippen molar-refractivity contribution in [3.63, 3.8) is 0 Å². The van der Waals surface area contributed by atoms with Gasteiger partial charge in [-0.2, -0.15) is 15.0 Å². The molecule has 1 aliphatic rings. The molecule has 0 spiro atoms. The van der Waals surface area contributed by atoms with E-state index in [-0.39, 0.29) is 12.1 Å². The largest absolute Gasteiger partial charge is 0.376 e. The topological polar surface area (TPSA) is 130 Å². The van der Waals surface area contributed by atoms with Gasteiger partial charge in [-0.1, -0.05) is 29.5 Å². The predicted octanol–water partition coefficient (Wildman–Crippen LogP) is 1.96. The van der Waals surface area contributed by atoms with Crippen molar-refractivity contribution in [2.45, 2.75) is 43.3 Å². The summed E-state index contributed by atoms with van der Waals surface area (Å²) >= 11 is 1.45. The Hall–Kier alpha value is -2.79. The van der Waals surface area contributed by atoms with E-state index in [0.29, 0.717) is 29.2 Å². The summed E-state index contributed by atoms with van der Waals surface area (Å²) in [6.07, 6.45) is 2.28. The van der Waals surface area contributed by atoms with E-state index in [1.807, 2.05) is 31.2 Å². The zero-order valence-electron chi connectivity index (χ0n) is 15.4. The molecule has 1 aromatic carbocycles. The van der Waals surface area contributed by atoms with Crippen LogP contribution in [0.3, 0.4) is 0 Å². The molecule has 3 N–H and O–H groups in total. The number of hydrogen-bond acceptors (Lipinski definition) is 10. The Balaban J connectivity index is 1.42. The van der Waals surface area contributed by atoms with E-state index in [4.69, 9.17) is 10.5 Å². The second-order valence-electron chi connectivity index (χ2n) is 6.49. The summed E-state index contributed by atoms with van der Waals surface area (Å²) in [7, 11) is 0. The van der Waals surface area contributed by atoms with Crippen LogP contribution < -0.4 is 11.1 Å². The van der Waals surface area contributed by atoms with Crippen molar-refractivity contribution in [1.82, 2.24) is 35.2 Å². The van der Waals surface area contributed by atoms with Crippen LogP contribution >= 0.6 is 11.8 Å². The molecule has 0 saturated carbocycles. The van der Waals surface area contributed by atoms with Gasteiger partial charge in [0.25, 0.3) is 0 Å². The van der Waals surface area contributed by atoms with Gasteiger partial charge in [0.05, 0.1) is 18.4 Å². The third kappa shape index (κ3) is 4.73. The van der Waals surface area contributed by atoms with Crippen LogP contribution in [0.15, 0.2) is 29.4 Å². The van der Waals surface area contributed by atoms with Crippen LogP contribution in [-0.2, 0) is 17.0 Å². The van der Waals surface area contributed by atoms with Crippen LogP contribution in [0.25, 0.3) is 0 Å². The summed E-state index contributed by atoms with van der Waals surface area (Å²) < 4.78 is 7.42. The number of nitrogens with two attached hydrogens (primary N) is 1. The minimum Gasteiger partial charge on any atom is -0.376 e. The molecule has 2 aromatic heterocycles. The maximum absolute atomic E-state index is 5.85. The number of ether oxygens (including phenoxy) is 1. The lowest BCUT2D eigenvalue weighted by Crippen LogP contribution is -2.17. The average molecular weight is 399 g/mol. The molecule has 3 aromatic rings. The number of nitrogen functional groups attached to an aromatic ring is 1. The lowest BCUT2D eigenvalue weighted by Gasteiger charge is -2.10. The molecule has 10 nitrogen and oxygen atoms in total. The molecule has 28 heavy (non-hydrogen) atoms. The highest BCUT2D eigenvalue weighted by molar-refractivity contribution is 7.98. The number of nitrogens with zero attached hydrogens (tertiary/aromatic N) is 7. The van der Waals surface area contributed by atoms with Gasteiger partial charge in [0.2, 0.25) is 17.1 Å². The maximum Gasteiger partial charge on any atom is 0.232 e. The van der Waals surface area contributed by atoms with E-state index in [9.17, 15) is 0 Å². The standard InChI is InChI=1S/C17H21N9OS/c1-11-4-6-12(7-5-11)19-16-21-14(20-15(18)22-16)10-28-17-23-24-25-26(17)9-13-3-2-8-27-13/h4-7,13H,2-3,8-10H2,1H3,(H3,18,19,20,21,22). The van der Waals surface area contributed by atoms with E-state index >= 15 is 0 Å². The molecule has 11 heteroatoms. The van der Waals surface area contributed by atoms with Crippen molar-refractivity contribution in [2.75, 3.05) is 17.7 Å². The smallest absolute Gasteiger partial charge is 0.232 e. The number of tetrazole rings is 1. The Morgan fingerprint density at radius 3 is 2.89 bits per heavy atom. The first-order valence-electron chi connectivity index (χ1n) is 9.00. The lowest BCUT2D eigenvalue weighted by molar-refractivity contribution is 0.0912. The molecule has 146 valence electrons. The molecule has 1 unspecified atom stereocenters. The second kappa shape index (κ2) is 8.48. The Kier molecular flexibility index (Phi) is 5.63. The number of thioether (sulfide) groups is 1. The first kappa shape index (κ1) is 18.6. The molecule has 0 bridgehead atoms. The average Bonchev–Trinajstić information content (AvgIpc) is 3.34.